The average Bonchev–Trinajstić information content (AvgIpc) is 2.35. The summed E-state index contributed by atoms with van der Waals surface area (Å²) in [4.78, 5) is 11.2. The first-order valence-electron chi connectivity index (χ1n) is 5.56. The molecule has 0 saturated heterocycles. The highest BCUT2D eigenvalue weighted by Gasteiger charge is 2.08. The number of aryl methyl sites for hydroxylation is 1. The highest BCUT2D eigenvalue weighted by Crippen LogP contribution is 2.24. The third kappa shape index (κ3) is 3.36. The Morgan fingerprint density at radius 3 is 2.78 bits per heavy atom. The SMILES string of the molecule is CCOC(=O)/C=C/c1cc(C)cc(OC)c1C#N. The third-order valence-electron chi connectivity index (χ3n) is 2.29. The van der Waals surface area contributed by atoms with Crippen LogP contribution in [0.3, 0.4) is 0 Å². The van der Waals surface area contributed by atoms with Crippen molar-refractivity contribution < 1.29 is 14.3 Å². The molecule has 0 amide bonds. The van der Waals surface area contributed by atoms with Gasteiger partial charge in [-0.25, -0.2) is 4.79 Å². The van der Waals surface area contributed by atoms with Gasteiger partial charge in [-0.2, -0.15) is 5.26 Å². The Morgan fingerprint density at radius 1 is 1.50 bits per heavy atom. The van der Waals surface area contributed by atoms with E-state index in [1.54, 1.807) is 19.1 Å². The van der Waals surface area contributed by atoms with Crippen LogP contribution in [0.2, 0.25) is 0 Å². The number of carbonyl (C=O) groups is 1. The molecule has 0 N–H and O–H groups in total. The van der Waals surface area contributed by atoms with Crippen molar-refractivity contribution >= 4 is 12.0 Å². The minimum Gasteiger partial charge on any atom is -0.495 e. The Labute approximate surface area is 106 Å². The standard InChI is InChI=1S/C14H15NO3/c1-4-18-14(16)6-5-11-7-10(2)8-13(17-3)12(11)9-15/h5-8H,4H2,1-3H3/b6-5+. The van der Waals surface area contributed by atoms with Crippen LogP contribution in [0.1, 0.15) is 23.6 Å². The van der Waals surface area contributed by atoms with Crippen LogP contribution < -0.4 is 4.74 Å². The second-order valence-corrected chi connectivity index (χ2v) is 3.63. The van der Waals surface area contributed by atoms with E-state index in [0.717, 1.165) is 5.56 Å². The van der Waals surface area contributed by atoms with Crippen molar-refractivity contribution in [1.82, 2.24) is 0 Å². The van der Waals surface area contributed by atoms with E-state index < -0.39 is 5.97 Å². The van der Waals surface area contributed by atoms with Gasteiger partial charge in [0.2, 0.25) is 0 Å². The van der Waals surface area contributed by atoms with E-state index in [1.165, 1.54) is 13.2 Å². The summed E-state index contributed by atoms with van der Waals surface area (Å²) in [5, 5.41) is 9.11. The zero-order valence-electron chi connectivity index (χ0n) is 10.7. The molecule has 1 rings (SSSR count). The summed E-state index contributed by atoms with van der Waals surface area (Å²) in [6, 6.07) is 5.66. The third-order valence-corrected chi connectivity index (χ3v) is 2.29. The molecule has 94 valence electrons. The zero-order chi connectivity index (χ0) is 13.5. The van der Waals surface area contributed by atoms with Crippen LogP contribution in [0.15, 0.2) is 18.2 Å². The van der Waals surface area contributed by atoms with Gasteiger partial charge in [0.25, 0.3) is 0 Å². The predicted molar refractivity (Wildman–Crippen MR) is 68.1 cm³/mol. The Hall–Kier alpha value is -2.28. The summed E-state index contributed by atoms with van der Waals surface area (Å²) < 4.78 is 9.92. The summed E-state index contributed by atoms with van der Waals surface area (Å²) in [7, 11) is 1.51. The molecule has 18 heavy (non-hydrogen) atoms. The summed E-state index contributed by atoms with van der Waals surface area (Å²) in [5.74, 6) is 0.0721. The molecule has 0 spiro atoms. The van der Waals surface area contributed by atoms with Crippen molar-refractivity contribution in [3.63, 3.8) is 0 Å². The zero-order valence-corrected chi connectivity index (χ0v) is 10.7. The van der Waals surface area contributed by atoms with Gasteiger partial charge in [0, 0.05) is 6.08 Å². The van der Waals surface area contributed by atoms with Crippen molar-refractivity contribution in [2.45, 2.75) is 13.8 Å². The van der Waals surface area contributed by atoms with E-state index in [-0.39, 0.29) is 0 Å². The van der Waals surface area contributed by atoms with E-state index in [4.69, 9.17) is 14.7 Å². The lowest BCUT2D eigenvalue weighted by atomic mass is 10.0. The number of benzene rings is 1. The number of ether oxygens (including phenoxy) is 2. The molecule has 4 heteroatoms. The van der Waals surface area contributed by atoms with Crippen molar-refractivity contribution in [1.29, 1.82) is 5.26 Å². The molecule has 0 bridgehead atoms. The molecule has 0 aliphatic rings. The van der Waals surface area contributed by atoms with Crippen LogP contribution in [0.4, 0.5) is 0 Å². The first-order chi connectivity index (χ1) is 8.62. The minimum absolute atomic E-state index is 0.325. The normalized spacial score (nSPS) is 10.1. The Bertz CT molecular complexity index is 513. The second-order valence-electron chi connectivity index (χ2n) is 3.63. The summed E-state index contributed by atoms with van der Waals surface area (Å²) in [6.07, 6.45) is 2.87. The van der Waals surface area contributed by atoms with E-state index in [0.29, 0.717) is 23.5 Å². The van der Waals surface area contributed by atoms with E-state index in [2.05, 4.69) is 6.07 Å². The minimum atomic E-state index is -0.429. The fourth-order valence-corrected chi connectivity index (χ4v) is 1.54. The Kier molecular flexibility index (Phi) is 4.94. The molecule has 0 heterocycles. The van der Waals surface area contributed by atoms with Crippen LogP contribution in [0, 0.1) is 18.3 Å². The van der Waals surface area contributed by atoms with E-state index >= 15 is 0 Å². The second kappa shape index (κ2) is 6.45. The molecule has 0 saturated carbocycles. The number of nitriles is 1. The number of nitrogens with zero attached hydrogens (tertiary/aromatic N) is 1. The summed E-state index contributed by atoms with van der Waals surface area (Å²) >= 11 is 0. The van der Waals surface area contributed by atoms with Crippen molar-refractivity contribution in [3.8, 4) is 11.8 Å². The van der Waals surface area contributed by atoms with Crippen LogP contribution >= 0.6 is 0 Å². The van der Waals surface area contributed by atoms with E-state index in [1.807, 2.05) is 13.0 Å². The average molecular weight is 245 g/mol. The maximum absolute atomic E-state index is 11.2. The molecule has 0 unspecified atom stereocenters. The molecular weight excluding hydrogens is 230 g/mol. The molecule has 0 atom stereocenters. The molecular formula is C14H15NO3. The van der Waals surface area contributed by atoms with Crippen molar-refractivity contribution in [2.24, 2.45) is 0 Å². The van der Waals surface area contributed by atoms with Gasteiger partial charge >= 0.3 is 5.97 Å². The highest BCUT2D eigenvalue weighted by atomic mass is 16.5. The van der Waals surface area contributed by atoms with Gasteiger partial charge in [-0.1, -0.05) is 6.07 Å². The van der Waals surface area contributed by atoms with Gasteiger partial charge in [-0.3, -0.25) is 0 Å². The first-order valence-corrected chi connectivity index (χ1v) is 5.56. The number of carbonyl (C=O) groups excluding carboxylic acids is 1. The quantitative estimate of drug-likeness (QED) is 0.604. The maximum atomic E-state index is 11.2. The predicted octanol–water partition coefficient (Wildman–Crippen LogP) is 2.45. The van der Waals surface area contributed by atoms with Crippen LogP contribution in [-0.2, 0) is 9.53 Å². The highest BCUT2D eigenvalue weighted by molar-refractivity contribution is 5.87. The fraction of sp³-hybridized carbons (Fsp3) is 0.286. The van der Waals surface area contributed by atoms with Gasteiger partial charge < -0.3 is 9.47 Å². The van der Waals surface area contributed by atoms with Gasteiger partial charge in [0.1, 0.15) is 17.4 Å². The van der Waals surface area contributed by atoms with Gasteiger partial charge in [-0.05, 0) is 37.1 Å². The van der Waals surface area contributed by atoms with Gasteiger partial charge in [0.15, 0.2) is 0 Å². The molecule has 0 aliphatic carbocycles. The van der Waals surface area contributed by atoms with Crippen molar-refractivity contribution in [3.05, 3.63) is 34.9 Å². The molecule has 0 aromatic heterocycles. The van der Waals surface area contributed by atoms with Crippen molar-refractivity contribution in [2.75, 3.05) is 13.7 Å². The van der Waals surface area contributed by atoms with Crippen LogP contribution in [-0.4, -0.2) is 19.7 Å². The monoisotopic (exact) mass is 245 g/mol. The van der Waals surface area contributed by atoms with E-state index in [9.17, 15) is 4.79 Å². The molecule has 0 radical (unpaired) electrons. The topological polar surface area (TPSA) is 59.3 Å². The smallest absolute Gasteiger partial charge is 0.330 e. The fourth-order valence-electron chi connectivity index (χ4n) is 1.54. The Balaban J connectivity index is 3.12. The molecule has 0 aliphatic heterocycles. The first kappa shape index (κ1) is 13.8. The molecule has 1 aromatic rings. The summed E-state index contributed by atoms with van der Waals surface area (Å²) in [6.45, 7) is 3.96. The number of rotatable bonds is 4. The molecule has 0 fully saturated rings. The van der Waals surface area contributed by atoms with Crippen LogP contribution in [0.5, 0.6) is 5.75 Å². The lowest BCUT2D eigenvalue weighted by Gasteiger charge is -2.07. The number of hydrogen-bond donors (Lipinski definition) is 0. The molecule has 1 aromatic carbocycles. The Morgan fingerprint density at radius 2 is 2.22 bits per heavy atom. The number of hydrogen-bond acceptors (Lipinski definition) is 4. The van der Waals surface area contributed by atoms with Gasteiger partial charge in [-0.15, -0.1) is 0 Å². The summed E-state index contributed by atoms with van der Waals surface area (Å²) in [5.41, 5.74) is 2.00. The lowest BCUT2D eigenvalue weighted by Crippen LogP contribution is -1.99. The van der Waals surface area contributed by atoms with Crippen LogP contribution in [0.25, 0.3) is 6.08 Å². The lowest BCUT2D eigenvalue weighted by molar-refractivity contribution is -0.137. The molecule has 4 nitrogen and oxygen atoms in total. The number of esters is 1. The maximum Gasteiger partial charge on any atom is 0.330 e. The number of methoxy groups -OCH3 is 1. The largest absolute Gasteiger partial charge is 0.495 e. The van der Waals surface area contributed by atoms with Gasteiger partial charge in [0.05, 0.1) is 13.7 Å².